The van der Waals surface area contributed by atoms with E-state index in [2.05, 4.69) is 30.9 Å². The van der Waals surface area contributed by atoms with Gasteiger partial charge >= 0.3 is 11.9 Å². The van der Waals surface area contributed by atoms with Crippen LogP contribution in [0.25, 0.3) is 0 Å². The van der Waals surface area contributed by atoms with Crippen molar-refractivity contribution < 1.29 is 19.1 Å². The first-order valence-corrected chi connectivity index (χ1v) is 19.2. The zero-order valence-corrected chi connectivity index (χ0v) is 29.9. The number of carbonyl (C=O) groups excluding carboxylic acids is 2. The van der Waals surface area contributed by atoms with E-state index in [-0.39, 0.29) is 11.9 Å². The average Bonchev–Trinajstić information content (AvgIpc) is 3.04. The van der Waals surface area contributed by atoms with Gasteiger partial charge in [0.05, 0.1) is 0 Å². The highest BCUT2D eigenvalue weighted by Crippen LogP contribution is 2.12. The van der Waals surface area contributed by atoms with E-state index < -0.39 is 0 Å². The van der Waals surface area contributed by atoms with Gasteiger partial charge in [0.1, 0.15) is 13.2 Å². The third kappa shape index (κ3) is 35.0. The average molecular weight is 635 g/mol. The van der Waals surface area contributed by atoms with Gasteiger partial charge in [0, 0.05) is 12.8 Å². The molecule has 0 rings (SSSR count). The molecule has 0 saturated carbocycles. The van der Waals surface area contributed by atoms with Crippen molar-refractivity contribution in [2.75, 3.05) is 39.4 Å². The van der Waals surface area contributed by atoms with Gasteiger partial charge in [0.2, 0.25) is 0 Å². The van der Waals surface area contributed by atoms with Crippen molar-refractivity contribution in [1.29, 1.82) is 0 Å². The van der Waals surface area contributed by atoms with E-state index in [1.54, 1.807) is 0 Å². The van der Waals surface area contributed by atoms with E-state index in [0.29, 0.717) is 26.1 Å². The van der Waals surface area contributed by atoms with Crippen molar-refractivity contribution in [2.24, 2.45) is 5.73 Å². The molecule has 0 amide bonds. The normalized spacial score (nSPS) is 11.7. The summed E-state index contributed by atoms with van der Waals surface area (Å²) >= 11 is 0. The number of nitrogens with two attached hydrogens (primary N) is 1. The van der Waals surface area contributed by atoms with Gasteiger partial charge in [0.15, 0.2) is 0 Å². The number of rotatable bonds is 35. The number of hydrogen-bond acceptors (Lipinski definition) is 6. The van der Waals surface area contributed by atoms with Gasteiger partial charge in [-0.25, -0.2) is 0 Å². The summed E-state index contributed by atoms with van der Waals surface area (Å²) in [6.07, 6.45) is 36.7. The molecule has 0 radical (unpaired) electrons. The van der Waals surface area contributed by atoms with Gasteiger partial charge in [-0.1, -0.05) is 128 Å². The van der Waals surface area contributed by atoms with Crippen LogP contribution in [0.3, 0.4) is 0 Å². The number of ether oxygens (including phenoxy) is 2. The summed E-state index contributed by atoms with van der Waals surface area (Å²) in [6, 6.07) is 0. The first-order chi connectivity index (χ1) is 22.1. The van der Waals surface area contributed by atoms with Gasteiger partial charge in [0.25, 0.3) is 0 Å². The van der Waals surface area contributed by atoms with Crippen molar-refractivity contribution in [3.63, 3.8) is 0 Å². The number of allylic oxidation sites excluding steroid dienone is 2. The largest absolute Gasteiger partial charge is 0.461 e. The van der Waals surface area contributed by atoms with Crippen LogP contribution < -0.4 is 5.73 Å². The van der Waals surface area contributed by atoms with Crippen LogP contribution in [0.1, 0.15) is 174 Å². The summed E-state index contributed by atoms with van der Waals surface area (Å²) < 4.78 is 10.6. The van der Waals surface area contributed by atoms with Crippen molar-refractivity contribution in [3.8, 4) is 0 Å². The fraction of sp³-hybridized carbons (Fsp3) is 0.846. The van der Waals surface area contributed by atoms with Gasteiger partial charge < -0.3 is 20.1 Å². The Hall–Kier alpha value is -1.66. The Morgan fingerprint density at radius 3 is 1.29 bits per heavy atom. The second-order valence-corrected chi connectivity index (χ2v) is 12.7. The van der Waals surface area contributed by atoms with Crippen LogP contribution in [-0.4, -0.2) is 56.2 Å². The summed E-state index contributed by atoms with van der Waals surface area (Å²) in [6.45, 7) is 9.47. The molecule has 2 N–H and O–H groups in total. The van der Waals surface area contributed by atoms with E-state index >= 15 is 0 Å². The van der Waals surface area contributed by atoms with Crippen LogP contribution >= 0.6 is 0 Å². The Labute approximate surface area is 279 Å². The van der Waals surface area contributed by atoms with E-state index in [9.17, 15) is 9.59 Å². The lowest BCUT2D eigenvalue weighted by Gasteiger charge is -2.22. The molecule has 0 heterocycles. The molecule has 0 bridgehead atoms. The van der Waals surface area contributed by atoms with Crippen LogP contribution in [0, 0.1) is 0 Å². The summed E-state index contributed by atoms with van der Waals surface area (Å²) in [5.74, 6) is -0.124. The minimum atomic E-state index is -0.0620. The SMILES string of the molecule is CCCCCC/C=C\COC(=O)CCCCCCCCN(CCCN)CCCCCCCCC(=O)OC/C=C\CCCCCC. The molecular weight excluding hydrogens is 560 g/mol. The fourth-order valence-electron chi connectivity index (χ4n) is 5.45. The number of hydrogen-bond donors (Lipinski definition) is 1. The lowest BCUT2D eigenvalue weighted by Crippen LogP contribution is -2.28. The van der Waals surface area contributed by atoms with Gasteiger partial charge in [-0.2, -0.15) is 0 Å². The maximum atomic E-state index is 11.9. The van der Waals surface area contributed by atoms with E-state index in [1.807, 2.05) is 12.2 Å². The molecule has 0 unspecified atom stereocenters. The predicted octanol–water partition coefficient (Wildman–Crippen LogP) is 10.2. The van der Waals surface area contributed by atoms with Crippen LogP contribution in [-0.2, 0) is 19.1 Å². The maximum absolute atomic E-state index is 11.9. The quantitative estimate of drug-likeness (QED) is 0.0424. The lowest BCUT2D eigenvalue weighted by atomic mass is 10.1. The highest BCUT2D eigenvalue weighted by molar-refractivity contribution is 5.69. The van der Waals surface area contributed by atoms with Crippen molar-refractivity contribution in [1.82, 2.24) is 4.90 Å². The number of esters is 2. The highest BCUT2D eigenvalue weighted by atomic mass is 16.5. The van der Waals surface area contributed by atoms with Crippen molar-refractivity contribution in [3.05, 3.63) is 24.3 Å². The van der Waals surface area contributed by atoms with Crippen LogP contribution in [0.2, 0.25) is 0 Å². The molecule has 0 fully saturated rings. The Balaban J connectivity index is 3.67. The molecule has 0 aromatic rings. The molecule has 6 heteroatoms. The topological polar surface area (TPSA) is 81.9 Å². The summed E-state index contributed by atoms with van der Waals surface area (Å²) in [5, 5.41) is 0. The molecule has 0 saturated heterocycles. The number of carbonyl (C=O) groups is 2. The third-order valence-electron chi connectivity index (χ3n) is 8.35. The zero-order valence-electron chi connectivity index (χ0n) is 29.9. The molecule has 45 heavy (non-hydrogen) atoms. The second kappa shape index (κ2) is 36.8. The Morgan fingerprint density at radius 1 is 0.489 bits per heavy atom. The minimum absolute atomic E-state index is 0.0620. The summed E-state index contributed by atoms with van der Waals surface area (Å²) in [5.41, 5.74) is 5.79. The van der Waals surface area contributed by atoms with Crippen molar-refractivity contribution >= 4 is 11.9 Å². The fourth-order valence-corrected chi connectivity index (χ4v) is 5.45. The second-order valence-electron chi connectivity index (χ2n) is 12.7. The highest BCUT2D eigenvalue weighted by Gasteiger charge is 2.06. The van der Waals surface area contributed by atoms with Gasteiger partial charge in [-0.3, -0.25) is 9.59 Å². The van der Waals surface area contributed by atoms with Gasteiger partial charge in [-0.05, 0) is 84.0 Å². The zero-order chi connectivity index (χ0) is 32.9. The molecule has 0 aromatic heterocycles. The lowest BCUT2D eigenvalue weighted by molar-refractivity contribution is -0.143. The van der Waals surface area contributed by atoms with Crippen molar-refractivity contribution in [2.45, 2.75) is 174 Å². The smallest absolute Gasteiger partial charge is 0.306 e. The Morgan fingerprint density at radius 2 is 0.867 bits per heavy atom. The molecule has 0 atom stereocenters. The van der Waals surface area contributed by atoms with E-state index in [0.717, 1.165) is 71.1 Å². The Bertz CT molecular complexity index is 641. The van der Waals surface area contributed by atoms with Crippen LogP contribution in [0.5, 0.6) is 0 Å². The molecule has 0 aliphatic carbocycles. The Kier molecular flexibility index (Phi) is 35.4. The third-order valence-corrected chi connectivity index (χ3v) is 8.35. The van der Waals surface area contributed by atoms with Crippen LogP contribution in [0.15, 0.2) is 24.3 Å². The summed E-state index contributed by atoms with van der Waals surface area (Å²) in [7, 11) is 0. The first kappa shape index (κ1) is 43.3. The monoisotopic (exact) mass is 635 g/mol. The first-order valence-electron chi connectivity index (χ1n) is 19.2. The number of nitrogens with zero attached hydrogens (tertiary/aromatic N) is 1. The molecule has 264 valence electrons. The molecule has 0 aliphatic heterocycles. The molecular formula is C39H74N2O4. The number of unbranched alkanes of at least 4 members (excludes halogenated alkanes) is 18. The van der Waals surface area contributed by atoms with E-state index in [4.69, 9.17) is 15.2 Å². The minimum Gasteiger partial charge on any atom is -0.461 e. The molecule has 6 nitrogen and oxygen atoms in total. The standard InChI is InChI=1S/C39H74N2O4/c1-3-5-7-9-15-21-27-36-44-38(42)30-23-17-11-13-19-25-33-41(35-29-32-40)34-26-20-14-12-18-24-31-39(43)45-37-28-22-16-10-8-6-4-2/h21-22,27-28H,3-20,23-26,29-37,40H2,1-2H3/b27-21-,28-22-. The molecule has 0 aromatic carbocycles. The van der Waals surface area contributed by atoms with Crippen LogP contribution in [0.4, 0.5) is 0 Å². The molecule has 0 spiro atoms. The molecule has 0 aliphatic rings. The maximum Gasteiger partial charge on any atom is 0.306 e. The predicted molar refractivity (Wildman–Crippen MR) is 192 cm³/mol. The van der Waals surface area contributed by atoms with E-state index in [1.165, 1.54) is 103 Å². The summed E-state index contributed by atoms with van der Waals surface area (Å²) in [4.78, 5) is 26.4. The van der Waals surface area contributed by atoms with Gasteiger partial charge in [-0.15, -0.1) is 0 Å².